The number of hydrogen-bond acceptors (Lipinski definition) is 8. The summed E-state index contributed by atoms with van der Waals surface area (Å²) in [5.41, 5.74) is 2.45. The van der Waals surface area contributed by atoms with Crippen molar-refractivity contribution in [3.05, 3.63) is 59.8 Å². The van der Waals surface area contributed by atoms with Gasteiger partial charge in [0.1, 0.15) is 5.82 Å². The molecule has 1 fully saturated rings. The van der Waals surface area contributed by atoms with Crippen molar-refractivity contribution in [3.63, 3.8) is 0 Å². The Balaban J connectivity index is 0.000000371. The van der Waals surface area contributed by atoms with E-state index in [0.29, 0.717) is 12.2 Å². The monoisotopic (exact) mass is 485 g/mol. The molecular formula is C25H31N3O7. The number of methoxy groups -OCH3 is 2. The minimum atomic E-state index is -1.26. The Hall–Kier alpha value is -3.63. The van der Waals surface area contributed by atoms with E-state index in [0.717, 1.165) is 63.1 Å². The number of nitrogens with zero attached hydrogens (tertiary/aromatic N) is 3. The van der Waals surface area contributed by atoms with Crippen LogP contribution in [0.15, 0.2) is 48.7 Å². The SMILES string of the molecule is COc1ccc2c(c1OC)CCOC2CN1CCN(c2ccccn2)CC1.O=C(O)C=CC(=O)O. The number of carbonyl (C=O) groups is 2. The van der Waals surface area contributed by atoms with Crippen LogP contribution in [-0.4, -0.2) is 85.6 Å². The molecule has 3 heterocycles. The molecule has 2 aromatic rings. The number of benzene rings is 1. The maximum Gasteiger partial charge on any atom is 0.328 e. The zero-order chi connectivity index (χ0) is 25.2. The van der Waals surface area contributed by atoms with Crippen LogP contribution >= 0.6 is 0 Å². The number of aliphatic carboxylic acids is 2. The highest BCUT2D eigenvalue weighted by Gasteiger charge is 2.28. The second kappa shape index (κ2) is 12.7. The van der Waals surface area contributed by atoms with Crippen LogP contribution in [-0.2, 0) is 20.7 Å². The van der Waals surface area contributed by atoms with Crippen LogP contribution < -0.4 is 14.4 Å². The first-order valence-corrected chi connectivity index (χ1v) is 11.3. The molecule has 2 aliphatic heterocycles. The summed E-state index contributed by atoms with van der Waals surface area (Å²) in [6.07, 6.45) is 3.91. The quantitative estimate of drug-likeness (QED) is 0.565. The van der Waals surface area contributed by atoms with Crippen molar-refractivity contribution in [1.82, 2.24) is 9.88 Å². The molecule has 10 heteroatoms. The molecule has 1 atom stereocenters. The molecule has 35 heavy (non-hydrogen) atoms. The average Bonchev–Trinajstić information content (AvgIpc) is 2.88. The van der Waals surface area contributed by atoms with Gasteiger partial charge in [0.15, 0.2) is 11.5 Å². The lowest BCUT2D eigenvalue weighted by Gasteiger charge is -2.38. The minimum Gasteiger partial charge on any atom is -0.493 e. The summed E-state index contributed by atoms with van der Waals surface area (Å²) in [6, 6.07) is 10.2. The van der Waals surface area contributed by atoms with Crippen molar-refractivity contribution in [2.24, 2.45) is 0 Å². The summed E-state index contributed by atoms with van der Waals surface area (Å²) in [6.45, 7) is 5.62. The second-order valence-corrected chi connectivity index (χ2v) is 7.96. The summed E-state index contributed by atoms with van der Waals surface area (Å²) in [5, 5.41) is 15.6. The predicted octanol–water partition coefficient (Wildman–Crippen LogP) is 2.25. The van der Waals surface area contributed by atoms with E-state index in [4.69, 9.17) is 24.4 Å². The van der Waals surface area contributed by atoms with Crippen LogP contribution in [0.25, 0.3) is 0 Å². The van der Waals surface area contributed by atoms with Gasteiger partial charge in [-0.2, -0.15) is 0 Å². The van der Waals surface area contributed by atoms with Gasteiger partial charge in [0.25, 0.3) is 0 Å². The van der Waals surface area contributed by atoms with Gasteiger partial charge in [0.2, 0.25) is 0 Å². The Morgan fingerprint density at radius 3 is 2.34 bits per heavy atom. The molecule has 1 saturated heterocycles. The number of carboxylic acids is 2. The van der Waals surface area contributed by atoms with E-state index in [1.165, 1.54) is 11.1 Å². The van der Waals surface area contributed by atoms with E-state index < -0.39 is 11.9 Å². The molecule has 0 saturated carbocycles. The van der Waals surface area contributed by atoms with Gasteiger partial charge in [0, 0.05) is 56.6 Å². The minimum absolute atomic E-state index is 0.0787. The fourth-order valence-electron chi connectivity index (χ4n) is 4.19. The van der Waals surface area contributed by atoms with E-state index in [-0.39, 0.29) is 6.10 Å². The molecule has 1 aromatic heterocycles. The Bertz CT molecular complexity index is 1010. The molecular weight excluding hydrogens is 454 g/mol. The number of pyridine rings is 1. The number of fused-ring (bicyclic) bond motifs is 1. The van der Waals surface area contributed by atoms with Gasteiger partial charge >= 0.3 is 11.9 Å². The van der Waals surface area contributed by atoms with Crippen molar-refractivity contribution < 1.29 is 34.0 Å². The fraction of sp³-hybridized carbons (Fsp3) is 0.400. The lowest BCUT2D eigenvalue weighted by Crippen LogP contribution is -2.48. The van der Waals surface area contributed by atoms with Gasteiger partial charge in [-0.3, -0.25) is 4.90 Å². The molecule has 0 bridgehead atoms. The fourth-order valence-corrected chi connectivity index (χ4v) is 4.19. The average molecular weight is 486 g/mol. The lowest BCUT2D eigenvalue weighted by atomic mass is 9.95. The third kappa shape index (κ3) is 7.17. The Labute approximate surface area is 204 Å². The summed E-state index contributed by atoms with van der Waals surface area (Å²) >= 11 is 0. The Morgan fingerprint density at radius 2 is 1.77 bits per heavy atom. The smallest absolute Gasteiger partial charge is 0.328 e. The first-order chi connectivity index (χ1) is 16.9. The first kappa shape index (κ1) is 26.0. The summed E-state index contributed by atoms with van der Waals surface area (Å²) < 4.78 is 17.2. The van der Waals surface area contributed by atoms with Gasteiger partial charge < -0.3 is 29.3 Å². The van der Waals surface area contributed by atoms with Crippen LogP contribution in [0.3, 0.4) is 0 Å². The van der Waals surface area contributed by atoms with Crippen molar-refractivity contribution in [1.29, 1.82) is 0 Å². The normalized spacial score (nSPS) is 17.8. The van der Waals surface area contributed by atoms with Crippen LogP contribution in [0.5, 0.6) is 11.5 Å². The van der Waals surface area contributed by atoms with Crippen molar-refractivity contribution in [3.8, 4) is 11.5 Å². The van der Waals surface area contributed by atoms with Gasteiger partial charge in [-0.15, -0.1) is 0 Å². The number of rotatable bonds is 7. The van der Waals surface area contributed by atoms with Gasteiger partial charge in [-0.05, 0) is 30.2 Å². The number of carboxylic acid groups (broad SMARTS) is 2. The molecule has 0 aliphatic carbocycles. The standard InChI is InChI=1S/C21H27N3O3.C4H4O4/c1-25-18-7-6-16-17(21(18)26-2)8-14-27-19(16)15-23-10-12-24(13-11-23)20-5-3-4-9-22-20;5-3(6)1-2-4(7)8/h3-7,9,19H,8,10-15H2,1-2H3;1-2H,(H,5,6)(H,7,8). The van der Waals surface area contributed by atoms with E-state index in [9.17, 15) is 9.59 Å². The number of piperazine rings is 1. The van der Waals surface area contributed by atoms with E-state index in [1.54, 1.807) is 14.2 Å². The maximum absolute atomic E-state index is 9.55. The van der Waals surface area contributed by atoms with Crippen LogP contribution in [0.1, 0.15) is 17.2 Å². The van der Waals surface area contributed by atoms with Crippen LogP contribution in [0.4, 0.5) is 5.82 Å². The third-order valence-corrected chi connectivity index (χ3v) is 5.84. The van der Waals surface area contributed by atoms with Crippen molar-refractivity contribution >= 4 is 17.8 Å². The predicted molar refractivity (Wildman–Crippen MR) is 129 cm³/mol. The molecule has 0 radical (unpaired) electrons. The molecule has 4 rings (SSSR count). The van der Waals surface area contributed by atoms with Gasteiger partial charge in [-0.25, -0.2) is 14.6 Å². The molecule has 2 aliphatic rings. The number of hydrogen-bond donors (Lipinski definition) is 2. The van der Waals surface area contributed by atoms with Crippen molar-refractivity contribution in [2.45, 2.75) is 12.5 Å². The highest BCUT2D eigenvalue weighted by atomic mass is 16.5. The highest BCUT2D eigenvalue weighted by Crippen LogP contribution is 2.39. The maximum atomic E-state index is 9.55. The van der Waals surface area contributed by atoms with E-state index >= 15 is 0 Å². The first-order valence-electron chi connectivity index (χ1n) is 11.3. The number of ether oxygens (including phenoxy) is 3. The van der Waals surface area contributed by atoms with E-state index in [2.05, 4.69) is 26.9 Å². The Kier molecular flexibility index (Phi) is 9.45. The van der Waals surface area contributed by atoms with Gasteiger partial charge in [0.05, 0.1) is 26.9 Å². The number of aromatic nitrogens is 1. The molecule has 10 nitrogen and oxygen atoms in total. The summed E-state index contributed by atoms with van der Waals surface area (Å²) in [7, 11) is 3.39. The number of anilines is 1. The molecule has 2 N–H and O–H groups in total. The van der Waals surface area contributed by atoms with Crippen LogP contribution in [0, 0.1) is 0 Å². The summed E-state index contributed by atoms with van der Waals surface area (Å²) in [5.74, 6) is 0.192. The van der Waals surface area contributed by atoms with Crippen molar-refractivity contribution in [2.75, 3.05) is 58.5 Å². The zero-order valence-corrected chi connectivity index (χ0v) is 19.9. The summed E-state index contributed by atoms with van der Waals surface area (Å²) in [4.78, 5) is 28.4. The molecule has 188 valence electrons. The molecule has 0 spiro atoms. The lowest BCUT2D eigenvalue weighted by molar-refractivity contribution is -0.134. The molecule has 1 aromatic carbocycles. The second-order valence-electron chi connectivity index (χ2n) is 7.96. The van der Waals surface area contributed by atoms with E-state index in [1.807, 2.05) is 24.4 Å². The largest absolute Gasteiger partial charge is 0.493 e. The molecule has 0 amide bonds. The topological polar surface area (TPSA) is 122 Å². The Morgan fingerprint density at radius 1 is 1.06 bits per heavy atom. The zero-order valence-electron chi connectivity index (χ0n) is 19.9. The third-order valence-electron chi connectivity index (χ3n) is 5.84. The van der Waals surface area contributed by atoms with Crippen LogP contribution in [0.2, 0.25) is 0 Å². The highest BCUT2D eigenvalue weighted by molar-refractivity contribution is 5.89. The molecule has 1 unspecified atom stereocenters. The van der Waals surface area contributed by atoms with Gasteiger partial charge in [-0.1, -0.05) is 12.1 Å².